The van der Waals surface area contributed by atoms with Crippen molar-refractivity contribution in [3.63, 3.8) is 0 Å². The predicted octanol–water partition coefficient (Wildman–Crippen LogP) is 8.17. The second-order valence-electron chi connectivity index (χ2n) is 14.1. The van der Waals surface area contributed by atoms with Crippen LogP contribution in [0.5, 0.6) is 0 Å². The number of rotatable bonds is 7. The van der Waals surface area contributed by atoms with Crippen LogP contribution in [0, 0.1) is 35.6 Å². The van der Waals surface area contributed by atoms with Crippen molar-refractivity contribution in [2.24, 2.45) is 5.41 Å². The molecular weight excluding hydrogens is 721 g/mol. The lowest BCUT2D eigenvalue weighted by molar-refractivity contribution is -0.000511. The fraction of sp³-hybridized carbons (Fsp3) is 0.268. The molecule has 3 aliphatic rings. The highest BCUT2D eigenvalue weighted by molar-refractivity contribution is 7.17. The van der Waals surface area contributed by atoms with Crippen molar-refractivity contribution in [1.82, 2.24) is 4.98 Å². The molecule has 0 bridgehead atoms. The van der Waals surface area contributed by atoms with Gasteiger partial charge in [-0.05, 0) is 73.7 Å². The average molecular weight is 755 g/mol. The molecule has 0 atom stereocenters. The van der Waals surface area contributed by atoms with Crippen molar-refractivity contribution in [3.05, 3.63) is 129 Å². The third-order valence-electron chi connectivity index (χ3n) is 10.4. The number of thiophene rings is 1. The second kappa shape index (κ2) is 14.1. The Morgan fingerprint density at radius 1 is 0.907 bits per heavy atom. The van der Waals surface area contributed by atoms with E-state index in [0.29, 0.717) is 46.1 Å². The van der Waals surface area contributed by atoms with E-state index < -0.39 is 52.9 Å². The Morgan fingerprint density at radius 2 is 1.65 bits per heavy atom. The number of nitrogens with zero attached hydrogens (tertiary/aromatic N) is 3. The van der Waals surface area contributed by atoms with E-state index in [4.69, 9.17) is 4.74 Å². The van der Waals surface area contributed by atoms with Gasteiger partial charge < -0.3 is 19.9 Å². The molecule has 0 radical (unpaired) electrons. The summed E-state index contributed by atoms with van der Waals surface area (Å²) in [6.45, 7) is 5.02. The summed E-state index contributed by atoms with van der Waals surface area (Å²) < 4.78 is 63.3. The van der Waals surface area contributed by atoms with Gasteiger partial charge in [0, 0.05) is 84.7 Å². The number of ether oxygens (including phenoxy) is 1. The molecular formula is C41H34F4N4O4S. The molecule has 1 N–H and O–H groups in total. The Balaban J connectivity index is 0.996. The Labute approximate surface area is 312 Å². The number of carbonyl (C=O) groups excluding carboxylic acids is 3. The lowest BCUT2D eigenvalue weighted by atomic mass is 9.73. The molecule has 2 aromatic heterocycles. The fourth-order valence-electron chi connectivity index (χ4n) is 7.56. The van der Waals surface area contributed by atoms with E-state index in [1.165, 1.54) is 17.0 Å². The van der Waals surface area contributed by atoms with Gasteiger partial charge in [-0.1, -0.05) is 18.2 Å². The minimum Gasteiger partial charge on any atom is -0.381 e. The average Bonchev–Trinajstić information content (AvgIpc) is 3.50. The standard InChI is InChI=1S/C41H34F4N4O4S/c1-23-14-30(38(46-20-23)48-21-41(22-48)9-12-53-13-10-41)39(51)47-26-6-7-27(33(45)18-26)40(52)49-11-8-24-15-36(54-37(24)28-4-2-3-5-34(28)49)35(50)19-29-31(43)16-25(42)17-32(29)44/h2-7,14-18,20H,8-13,19,21-22H2,1H3,(H,47,51). The van der Waals surface area contributed by atoms with Crippen molar-refractivity contribution in [2.75, 3.05) is 48.0 Å². The number of halogens is 4. The lowest BCUT2D eigenvalue weighted by Crippen LogP contribution is -2.59. The van der Waals surface area contributed by atoms with Crippen LogP contribution in [0.2, 0.25) is 0 Å². The van der Waals surface area contributed by atoms with Crippen LogP contribution in [0.4, 0.5) is 34.8 Å². The maximum absolute atomic E-state index is 15.8. The Bertz CT molecular complexity index is 2310. The first-order valence-corrected chi connectivity index (χ1v) is 18.4. The maximum Gasteiger partial charge on any atom is 0.261 e. The topological polar surface area (TPSA) is 91.8 Å². The molecule has 54 heavy (non-hydrogen) atoms. The van der Waals surface area contributed by atoms with Crippen molar-refractivity contribution in [1.29, 1.82) is 0 Å². The first kappa shape index (κ1) is 35.6. The first-order chi connectivity index (χ1) is 26.0. The van der Waals surface area contributed by atoms with E-state index in [1.54, 1.807) is 42.6 Å². The number of amides is 2. The van der Waals surface area contributed by atoms with E-state index in [1.807, 2.05) is 6.92 Å². The molecule has 13 heteroatoms. The summed E-state index contributed by atoms with van der Waals surface area (Å²) in [6, 6.07) is 15.5. The zero-order valence-electron chi connectivity index (χ0n) is 29.2. The molecule has 2 saturated heterocycles. The largest absolute Gasteiger partial charge is 0.381 e. The highest BCUT2D eigenvalue weighted by Crippen LogP contribution is 2.44. The molecule has 0 saturated carbocycles. The van der Waals surface area contributed by atoms with Crippen molar-refractivity contribution < 1.29 is 36.7 Å². The van der Waals surface area contributed by atoms with Gasteiger partial charge in [-0.25, -0.2) is 22.5 Å². The number of ketones is 1. The molecule has 3 aliphatic heterocycles. The van der Waals surface area contributed by atoms with E-state index in [9.17, 15) is 27.6 Å². The van der Waals surface area contributed by atoms with Gasteiger partial charge in [0.05, 0.1) is 21.7 Å². The van der Waals surface area contributed by atoms with E-state index in [2.05, 4.69) is 15.2 Å². The predicted molar refractivity (Wildman–Crippen MR) is 198 cm³/mol. The minimum atomic E-state index is -1.13. The molecule has 8 rings (SSSR count). The normalized spacial score (nSPS) is 15.9. The molecule has 2 amide bonds. The fourth-order valence-corrected chi connectivity index (χ4v) is 8.74. The summed E-state index contributed by atoms with van der Waals surface area (Å²) in [6.07, 6.45) is 3.38. The number of aromatic nitrogens is 1. The highest BCUT2D eigenvalue weighted by Gasteiger charge is 2.45. The molecule has 8 nitrogen and oxygen atoms in total. The Morgan fingerprint density at radius 3 is 2.39 bits per heavy atom. The summed E-state index contributed by atoms with van der Waals surface area (Å²) in [4.78, 5) is 49.8. The zero-order valence-corrected chi connectivity index (χ0v) is 30.0. The van der Waals surface area contributed by atoms with Crippen LogP contribution in [-0.4, -0.2) is 55.4 Å². The Hall–Kier alpha value is -5.40. The lowest BCUT2D eigenvalue weighted by Gasteiger charge is -2.53. The molecule has 0 aliphatic carbocycles. The molecule has 5 aromatic rings. The number of aryl methyl sites for hydroxylation is 1. The third kappa shape index (κ3) is 6.66. The van der Waals surface area contributed by atoms with Crippen LogP contribution in [0.1, 0.15) is 59.9 Å². The zero-order chi connectivity index (χ0) is 37.7. The van der Waals surface area contributed by atoms with Gasteiger partial charge in [-0.15, -0.1) is 11.3 Å². The van der Waals surface area contributed by atoms with Crippen LogP contribution < -0.4 is 15.1 Å². The molecule has 276 valence electrons. The monoisotopic (exact) mass is 754 g/mol. The minimum absolute atomic E-state index is 0.153. The first-order valence-electron chi connectivity index (χ1n) is 17.6. The van der Waals surface area contributed by atoms with Crippen LogP contribution in [0.25, 0.3) is 10.4 Å². The van der Waals surface area contributed by atoms with Gasteiger partial charge in [-0.3, -0.25) is 14.4 Å². The van der Waals surface area contributed by atoms with Crippen molar-refractivity contribution in [2.45, 2.75) is 32.6 Å². The summed E-state index contributed by atoms with van der Waals surface area (Å²) >= 11 is 1.13. The quantitative estimate of drug-likeness (QED) is 0.133. The van der Waals surface area contributed by atoms with Crippen LogP contribution in [-0.2, 0) is 17.6 Å². The number of Topliss-reactive ketones (excluding diaryl/α,β-unsaturated/α-hetero) is 1. The van der Waals surface area contributed by atoms with Gasteiger partial charge in [0.15, 0.2) is 5.78 Å². The number of para-hydroxylation sites is 1. The molecule has 1 spiro atoms. The van der Waals surface area contributed by atoms with Crippen LogP contribution in [0.15, 0.2) is 72.9 Å². The highest BCUT2D eigenvalue weighted by atomic mass is 32.1. The SMILES string of the molecule is Cc1cnc(N2CC3(CCOCC3)C2)c(C(=O)Nc2ccc(C(=O)N3CCc4cc(C(=O)Cc5c(F)cc(F)cc5F)sc4-c4ccccc43)c(F)c2)c1. The molecule has 3 aromatic carbocycles. The van der Waals surface area contributed by atoms with E-state index in [0.717, 1.165) is 67.7 Å². The molecule has 0 unspecified atom stereocenters. The van der Waals surface area contributed by atoms with Crippen LogP contribution >= 0.6 is 11.3 Å². The van der Waals surface area contributed by atoms with Gasteiger partial charge in [0.25, 0.3) is 11.8 Å². The van der Waals surface area contributed by atoms with E-state index in [-0.39, 0.29) is 28.1 Å². The van der Waals surface area contributed by atoms with E-state index >= 15 is 4.39 Å². The van der Waals surface area contributed by atoms with Gasteiger partial charge in [-0.2, -0.15) is 0 Å². The second-order valence-corrected chi connectivity index (χ2v) is 15.2. The summed E-state index contributed by atoms with van der Waals surface area (Å²) in [5, 5.41) is 2.78. The summed E-state index contributed by atoms with van der Waals surface area (Å²) in [5.74, 6) is -5.14. The number of fused-ring (bicyclic) bond motifs is 3. The van der Waals surface area contributed by atoms with Crippen molar-refractivity contribution >= 4 is 46.1 Å². The van der Waals surface area contributed by atoms with Gasteiger partial charge in [0.1, 0.15) is 29.1 Å². The number of nitrogens with one attached hydrogen (secondary N) is 1. The van der Waals surface area contributed by atoms with Crippen molar-refractivity contribution in [3.8, 4) is 10.4 Å². The van der Waals surface area contributed by atoms with Gasteiger partial charge >= 0.3 is 0 Å². The Kier molecular flexibility index (Phi) is 9.31. The van der Waals surface area contributed by atoms with Gasteiger partial charge in [0.2, 0.25) is 0 Å². The maximum atomic E-state index is 15.8. The molecule has 5 heterocycles. The number of hydrogen-bond donors (Lipinski definition) is 1. The van der Waals surface area contributed by atoms with Crippen LogP contribution in [0.3, 0.4) is 0 Å². The smallest absolute Gasteiger partial charge is 0.261 e. The number of anilines is 3. The molecule has 2 fully saturated rings. The third-order valence-corrected chi connectivity index (χ3v) is 11.7. The number of pyridine rings is 1. The number of benzene rings is 3. The summed E-state index contributed by atoms with van der Waals surface area (Å²) in [5.41, 5.74) is 2.73. The summed E-state index contributed by atoms with van der Waals surface area (Å²) in [7, 11) is 0. The number of hydrogen-bond acceptors (Lipinski definition) is 7. The number of carbonyl (C=O) groups is 3.